The molecule has 3 heterocycles. The van der Waals surface area contributed by atoms with Crippen LogP contribution < -0.4 is 10.6 Å². The maximum absolute atomic E-state index is 12.3. The Balaban J connectivity index is 1.56. The zero-order chi connectivity index (χ0) is 21.7. The molecule has 0 spiro atoms. The Morgan fingerprint density at radius 1 is 1.17 bits per heavy atom. The van der Waals surface area contributed by atoms with Gasteiger partial charge in [0.05, 0.1) is 31.1 Å². The van der Waals surface area contributed by atoms with Crippen molar-refractivity contribution in [1.29, 1.82) is 0 Å². The van der Waals surface area contributed by atoms with Gasteiger partial charge in [-0.3, -0.25) is 14.3 Å². The number of nitrogens with zero attached hydrogens (tertiary/aromatic N) is 5. The highest BCUT2D eigenvalue weighted by Gasteiger charge is 2.27. The molecule has 3 aromatic heterocycles. The summed E-state index contributed by atoms with van der Waals surface area (Å²) in [6.07, 6.45) is -1.46. The van der Waals surface area contributed by atoms with Crippen molar-refractivity contribution in [2.75, 3.05) is 0 Å². The fourth-order valence-corrected chi connectivity index (χ4v) is 2.73. The van der Waals surface area contributed by atoms with Crippen molar-refractivity contribution in [3.8, 4) is 0 Å². The van der Waals surface area contributed by atoms with Crippen molar-refractivity contribution in [3.63, 3.8) is 0 Å². The summed E-state index contributed by atoms with van der Waals surface area (Å²) in [6, 6.07) is 3.29. The van der Waals surface area contributed by atoms with Gasteiger partial charge in [-0.15, -0.1) is 0 Å². The van der Waals surface area contributed by atoms with Crippen LogP contribution in [0.4, 0.5) is 13.2 Å². The number of rotatable bonds is 8. The average Bonchev–Trinajstić information content (AvgIpc) is 3.34. The van der Waals surface area contributed by atoms with E-state index in [4.69, 9.17) is 0 Å². The monoisotopic (exact) mass is 423 g/mol. The molecule has 160 valence electrons. The van der Waals surface area contributed by atoms with E-state index >= 15 is 0 Å². The molecule has 0 saturated heterocycles. The first-order valence-electron chi connectivity index (χ1n) is 9.22. The van der Waals surface area contributed by atoms with Crippen LogP contribution >= 0.6 is 0 Å². The van der Waals surface area contributed by atoms with Gasteiger partial charge >= 0.3 is 6.18 Å². The quantitative estimate of drug-likeness (QED) is 0.575. The Morgan fingerprint density at radius 3 is 2.70 bits per heavy atom. The van der Waals surface area contributed by atoms with Crippen molar-refractivity contribution in [3.05, 3.63) is 47.7 Å². The Morgan fingerprint density at radius 2 is 1.97 bits per heavy atom. The molecular weight excluding hydrogens is 403 g/mol. The molecule has 3 rings (SSSR count). The van der Waals surface area contributed by atoms with E-state index in [1.807, 2.05) is 6.92 Å². The number of amides is 2. The number of carbonyl (C=O) groups excluding carboxylic acids is 2. The number of alkyl halides is 3. The predicted octanol–water partition coefficient (Wildman–Crippen LogP) is 1.83. The van der Waals surface area contributed by atoms with Gasteiger partial charge in [0.15, 0.2) is 5.65 Å². The minimum atomic E-state index is -4.37. The van der Waals surface area contributed by atoms with Gasteiger partial charge in [0.1, 0.15) is 5.69 Å². The molecule has 12 heteroatoms. The minimum Gasteiger partial charge on any atom is -0.352 e. The molecule has 3 aromatic rings. The zero-order valence-corrected chi connectivity index (χ0v) is 16.1. The van der Waals surface area contributed by atoms with Gasteiger partial charge in [0.2, 0.25) is 5.91 Å². The van der Waals surface area contributed by atoms with Gasteiger partial charge in [-0.05, 0) is 24.6 Å². The number of imidazole rings is 1. The number of hydrogen-bond donors (Lipinski definition) is 2. The van der Waals surface area contributed by atoms with Crippen LogP contribution in [0.15, 0.2) is 30.7 Å². The fourth-order valence-electron chi connectivity index (χ4n) is 2.73. The number of fused-ring (bicyclic) bond motifs is 1. The first-order chi connectivity index (χ1) is 14.2. The fraction of sp³-hybridized carbons (Fsp3) is 0.389. The van der Waals surface area contributed by atoms with Gasteiger partial charge in [0, 0.05) is 25.7 Å². The third-order valence-electron chi connectivity index (χ3n) is 4.23. The first kappa shape index (κ1) is 21.3. The topological polar surface area (TPSA) is 106 Å². The van der Waals surface area contributed by atoms with Gasteiger partial charge < -0.3 is 10.6 Å². The first-order valence-corrected chi connectivity index (χ1v) is 9.22. The molecule has 0 atom stereocenters. The maximum Gasteiger partial charge on any atom is 0.389 e. The molecule has 2 amide bonds. The van der Waals surface area contributed by atoms with Gasteiger partial charge in [-0.25, -0.2) is 9.50 Å². The normalized spacial score (nSPS) is 11.6. The van der Waals surface area contributed by atoms with Crippen molar-refractivity contribution < 1.29 is 22.8 Å². The maximum atomic E-state index is 12.3. The number of halogens is 3. The van der Waals surface area contributed by atoms with Crippen LogP contribution in [-0.2, 0) is 24.4 Å². The van der Waals surface area contributed by atoms with Gasteiger partial charge in [0.25, 0.3) is 5.91 Å². The summed E-state index contributed by atoms with van der Waals surface area (Å²) < 4.78 is 39.6. The second-order valence-electron chi connectivity index (χ2n) is 6.51. The molecule has 0 fully saturated rings. The number of nitrogens with one attached hydrogen (secondary N) is 2. The Bertz CT molecular complexity index is 1040. The highest BCUT2D eigenvalue weighted by atomic mass is 19.4. The van der Waals surface area contributed by atoms with E-state index < -0.39 is 24.9 Å². The molecule has 0 radical (unpaired) electrons. The van der Waals surface area contributed by atoms with Crippen molar-refractivity contribution in [2.24, 2.45) is 0 Å². The van der Waals surface area contributed by atoms with E-state index in [9.17, 15) is 22.8 Å². The van der Waals surface area contributed by atoms with Gasteiger partial charge in [-0.1, -0.05) is 0 Å². The molecule has 2 N–H and O–H groups in total. The van der Waals surface area contributed by atoms with Crippen LogP contribution in [-0.4, -0.2) is 42.4 Å². The number of aromatic nitrogens is 5. The van der Waals surface area contributed by atoms with Crippen LogP contribution in [0.5, 0.6) is 0 Å². The summed E-state index contributed by atoms with van der Waals surface area (Å²) in [7, 11) is 0. The lowest BCUT2D eigenvalue weighted by molar-refractivity contribution is -0.144. The highest BCUT2D eigenvalue weighted by molar-refractivity contribution is 5.92. The summed E-state index contributed by atoms with van der Waals surface area (Å²) in [5, 5.41) is 13.4. The highest BCUT2D eigenvalue weighted by Crippen LogP contribution is 2.21. The minimum absolute atomic E-state index is 0.0418. The predicted molar refractivity (Wildman–Crippen MR) is 99.2 cm³/mol. The summed E-state index contributed by atoms with van der Waals surface area (Å²) in [5.41, 5.74) is 2.10. The molecule has 0 unspecified atom stereocenters. The van der Waals surface area contributed by atoms with Crippen LogP contribution in [0.3, 0.4) is 0 Å². The number of aryl methyl sites for hydroxylation is 1. The number of hydrogen-bond acceptors (Lipinski definition) is 5. The van der Waals surface area contributed by atoms with Crippen LogP contribution in [0.1, 0.15) is 41.5 Å². The van der Waals surface area contributed by atoms with Crippen molar-refractivity contribution in [2.45, 2.75) is 45.6 Å². The van der Waals surface area contributed by atoms with E-state index in [1.54, 1.807) is 29.2 Å². The number of carbonyl (C=O) groups is 2. The zero-order valence-electron chi connectivity index (χ0n) is 16.1. The molecule has 0 aliphatic carbocycles. The van der Waals surface area contributed by atoms with Crippen LogP contribution in [0, 0.1) is 0 Å². The second kappa shape index (κ2) is 8.93. The molecule has 0 bridgehead atoms. The van der Waals surface area contributed by atoms with Crippen LogP contribution in [0.2, 0.25) is 0 Å². The molecular formula is C18H20F3N7O2. The molecule has 0 saturated carbocycles. The Labute approximate surface area is 169 Å². The van der Waals surface area contributed by atoms with E-state index in [1.165, 1.54) is 10.7 Å². The van der Waals surface area contributed by atoms with E-state index in [2.05, 4.69) is 25.8 Å². The third-order valence-corrected chi connectivity index (χ3v) is 4.23. The molecule has 0 aromatic carbocycles. The third kappa shape index (κ3) is 5.55. The molecule has 0 aliphatic rings. The summed E-state index contributed by atoms with van der Waals surface area (Å²) >= 11 is 0. The second-order valence-corrected chi connectivity index (χ2v) is 6.51. The van der Waals surface area contributed by atoms with Crippen molar-refractivity contribution >= 4 is 17.5 Å². The lowest BCUT2D eigenvalue weighted by Gasteiger charge is -2.07. The lowest BCUT2D eigenvalue weighted by Crippen LogP contribution is -2.25. The van der Waals surface area contributed by atoms with E-state index in [0.29, 0.717) is 29.1 Å². The molecule has 0 aliphatic heterocycles. The standard InChI is InChI=1S/C18H20F3N7O2/c1-2-27-14(4-6-24-27)17(30)23-10-13-11-28-15(26-13)7-12(9-25-28)8-22-16(29)3-5-18(19,20)21/h4,6-7,9,11H,2-3,5,8,10H2,1H3,(H,22,29)(H,23,30). The van der Waals surface area contributed by atoms with Crippen LogP contribution in [0.25, 0.3) is 5.65 Å². The van der Waals surface area contributed by atoms with Gasteiger partial charge in [-0.2, -0.15) is 23.4 Å². The smallest absolute Gasteiger partial charge is 0.352 e. The molecule has 30 heavy (non-hydrogen) atoms. The lowest BCUT2D eigenvalue weighted by atomic mass is 10.2. The SMILES string of the molecule is CCn1nccc1C(=O)NCc1cn2ncc(CNC(=O)CCC(F)(F)F)cc2n1. The van der Waals surface area contributed by atoms with Crippen molar-refractivity contribution in [1.82, 2.24) is 35.0 Å². The Kier molecular flexibility index (Phi) is 6.33. The van der Waals surface area contributed by atoms with E-state index in [0.717, 1.165) is 0 Å². The summed E-state index contributed by atoms with van der Waals surface area (Å²) in [6.45, 7) is 2.68. The summed E-state index contributed by atoms with van der Waals surface area (Å²) in [5.74, 6) is -0.966. The Hall–Kier alpha value is -3.44. The molecule has 9 nitrogen and oxygen atoms in total. The summed E-state index contributed by atoms with van der Waals surface area (Å²) in [4.78, 5) is 28.2. The largest absolute Gasteiger partial charge is 0.389 e. The van der Waals surface area contributed by atoms with E-state index in [-0.39, 0.29) is 19.0 Å². The average molecular weight is 423 g/mol.